The van der Waals surface area contributed by atoms with Crippen LogP contribution < -0.4 is 5.32 Å². The molecule has 66 valence electrons. The van der Waals surface area contributed by atoms with E-state index in [1.165, 1.54) is 0 Å². The molecule has 3 nitrogen and oxygen atoms in total. The average molecular weight is 159 g/mol. The zero-order valence-electron chi connectivity index (χ0n) is 7.01. The van der Waals surface area contributed by atoms with Crippen molar-refractivity contribution in [1.82, 2.24) is 5.32 Å². The van der Waals surface area contributed by atoms with E-state index < -0.39 is 5.60 Å². The highest BCUT2D eigenvalue weighted by molar-refractivity contribution is 4.84. The topological polar surface area (TPSA) is 52.5 Å². The minimum atomic E-state index is -0.873. The second kappa shape index (κ2) is 3.52. The van der Waals surface area contributed by atoms with Gasteiger partial charge >= 0.3 is 0 Å². The van der Waals surface area contributed by atoms with Crippen LogP contribution in [0.5, 0.6) is 0 Å². The van der Waals surface area contributed by atoms with Crippen LogP contribution >= 0.6 is 0 Å². The summed E-state index contributed by atoms with van der Waals surface area (Å²) in [4.78, 5) is 0. The molecule has 0 aromatic rings. The lowest BCUT2D eigenvalue weighted by Gasteiger charge is -2.34. The molecule has 0 bridgehead atoms. The van der Waals surface area contributed by atoms with Gasteiger partial charge in [0.25, 0.3) is 0 Å². The fourth-order valence-electron chi connectivity index (χ4n) is 1.57. The number of piperidine rings is 1. The highest BCUT2D eigenvalue weighted by Crippen LogP contribution is 2.24. The van der Waals surface area contributed by atoms with Crippen LogP contribution in [0.25, 0.3) is 0 Å². The summed E-state index contributed by atoms with van der Waals surface area (Å²) in [7, 11) is 0. The first-order valence-corrected chi connectivity index (χ1v) is 4.21. The minimum absolute atomic E-state index is 0.127. The van der Waals surface area contributed by atoms with Crippen molar-refractivity contribution in [2.24, 2.45) is 5.92 Å². The highest BCUT2D eigenvalue weighted by Gasteiger charge is 2.31. The van der Waals surface area contributed by atoms with Crippen LogP contribution in [0.15, 0.2) is 0 Å². The van der Waals surface area contributed by atoms with Crippen LogP contribution in [-0.2, 0) is 0 Å². The van der Waals surface area contributed by atoms with Crippen molar-refractivity contribution in [3.05, 3.63) is 0 Å². The summed E-state index contributed by atoms with van der Waals surface area (Å²) in [6, 6.07) is 0. The third kappa shape index (κ3) is 2.15. The van der Waals surface area contributed by atoms with Crippen LogP contribution in [0, 0.1) is 5.92 Å². The Kier molecular flexibility index (Phi) is 2.87. The van der Waals surface area contributed by atoms with Crippen LogP contribution in [0.3, 0.4) is 0 Å². The molecule has 0 saturated carbocycles. The van der Waals surface area contributed by atoms with E-state index in [2.05, 4.69) is 5.32 Å². The van der Waals surface area contributed by atoms with Gasteiger partial charge in [-0.2, -0.15) is 0 Å². The third-order valence-corrected chi connectivity index (χ3v) is 2.54. The maximum Gasteiger partial charge on any atom is 0.0878 e. The van der Waals surface area contributed by atoms with Crippen molar-refractivity contribution in [2.45, 2.75) is 25.4 Å². The van der Waals surface area contributed by atoms with E-state index in [4.69, 9.17) is 5.11 Å². The highest BCUT2D eigenvalue weighted by atomic mass is 16.3. The van der Waals surface area contributed by atoms with Gasteiger partial charge in [0, 0.05) is 0 Å². The lowest BCUT2D eigenvalue weighted by molar-refractivity contribution is -0.0555. The van der Waals surface area contributed by atoms with E-state index in [-0.39, 0.29) is 12.5 Å². The van der Waals surface area contributed by atoms with Crippen molar-refractivity contribution < 1.29 is 10.2 Å². The maximum atomic E-state index is 9.67. The van der Waals surface area contributed by atoms with Crippen molar-refractivity contribution in [1.29, 1.82) is 0 Å². The molecule has 0 aliphatic carbocycles. The molecule has 1 atom stereocenters. The molecule has 0 amide bonds. The Morgan fingerprint density at radius 3 is 2.45 bits per heavy atom. The summed E-state index contributed by atoms with van der Waals surface area (Å²) >= 11 is 0. The van der Waals surface area contributed by atoms with E-state index in [9.17, 15) is 5.11 Å². The Labute approximate surface area is 67.4 Å². The Morgan fingerprint density at radius 2 is 2.00 bits per heavy atom. The summed E-state index contributed by atoms with van der Waals surface area (Å²) in [6.07, 6.45) is 1.93. The Hall–Kier alpha value is -0.120. The van der Waals surface area contributed by atoms with Crippen molar-refractivity contribution in [3.63, 3.8) is 0 Å². The number of hydrogen-bond acceptors (Lipinski definition) is 3. The average Bonchev–Trinajstić information content (AvgIpc) is 2.06. The van der Waals surface area contributed by atoms with E-state index >= 15 is 0 Å². The second-order valence-electron chi connectivity index (χ2n) is 3.54. The van der Waals surface area contributed by atoms with Gasteiger partial charge in [-0.25, -0.2) is 0 Å². The molecule has 0 spiro atoms. The molecule has 1 saturated heterocycles. The van der Waals surface area contributed by atoms with Gasteiger partial charge in [-0.1, -0.05) is 0 Å². The zero-order valence-corrected chi connectivity index (χ0v) is 7.01. The SMILES string of the molecule is CC(O)(CO)C1CCNCC1. The fourth-order valence-corrected chi connectivity index (χ4v) is 1.57. The van der Waals surface area contributed by atoms with Gasteiger partial charge in [0.2, 0.25) is 0 Å². The Bertz CT molecular complexity index is 119. The van der Waals surface area contributed by atoms with Crippen LogP contribution in [0.2, 0.25) is 0 Å². The van der Waals surface area contributed by atoms with Crippen LogP contribution in [0.4, 0.5) is 0 Å². The van der Waals surface area contributed by atoms with Gasteiger partial charge in [0.05, 0.1) is 12.2 Å². The summed E-state index contributed by atoms with van der Waals surface area (Å²) in [5, 5.41) is 21.8. The number of rotatable bonds is 2. The van der Waals surface area contributed by atoms with Gasteiger partial charge in [-0.3, -0.25) is 0 Å². The molecule has 11 heavy (non-hydrogen) atoms. The van der Waals surface area contributed by atoms with E-state index in [0.29, 0.717) is 0 Å². The first-order valence-electron chi connectivity index (χ1n) is 4.21. The molecule has 0 radical (unpaired) electrons. The quantitative estimate of drug-likeness (QED) is 0.520. The van der Waals surface area contributed by atoms with Gasteiger partial charge < -0.3 is 15.5 Å². The summed E-state index contributed by atoms with van der Waals surface area (Å²) in [5.74, 6) is 0.258. The molecule has 0 aromatic heterocycles. The van der Waals surface area contributed by atoms with Crippen molar-refractivity contribution in [3.8, 4) is 0 Å². The lowest BCUT2D eigenvalue weighted by atomic mass is 9.83. The fraction of sp³-hybridized carbons (Fsp3) is 1.00. The molecule has 3 heteroatoms. The third-order valence-electron chi connectivity index (χ3n) is 2.54. The first-order chi connectivity index (χ1) is 5.17. The predicted octanol–water partition coefficient (Wildman–Crippen LogP) is -0.271. The monoisotopic (exact) mass is 159 g/mol. The number of aliphatic hydroxyl groups is 2. The Balaban J connectivity index is 2.43. The van der Waals surface area contributed by atoms with E-state index in [1.807, 2.05) is 0 Å². The molecule has 1 unspecified atom stereocenters. The molecule has 1 fully saturated rings. The standard InChI is InChI=1S/C8H17NO2/c1-8(11,6-10)7-2-4-9-5-3-7/h7,9-11H,2-6H2,1H3. The van der Waals surface area contributed by atoms with Gasteiger partial charge in [-0.15, -0.1) is 0 Å². The summed E-state index contributed by atoms with van der Waals surface area (Å²) in [5.41, 5.74) is -0.873. The molecule has 3 N–H and O–H groups in total. The smallest absolute Gasteiger partial charge is 0.0878 e. The minimum Gasteiger partial charge on any atom is -0.393 e. The van der Waals surface area contributed by atoms with Crippen LogP contribution in [0.1, 0.15) is 19.8 Å². The molecule has 1 aliphatic heterocycles. The zero-order chi connectivity index (χ0) is 8.32. The number of aliphatic hydroxyl groups excluding tert-OH is 1. The van der Waals surface area contributed by atoms with Crippen LogP contribution in [-0.4, -0.2) is 35.5 Å². The predicted molar refractivity (Wildman–Crippen MR) is 43.3 cm³/mol. The van der Waals surface area contributed by atoms with Crippen molar-refractivity contribution in [2.75, 3.05) is 19.7 Å². The van der Waals surface area contributed by atoms with Crippen molar-refractivity contribution >= 4 is 0 Å². The van der Waals surface area contributed by atoms with Gasteiger partial charge in [0.1, 0.15) is 0 Å². The van der Waals surface area contributed by atoms with Gasteiger partial charge in [-0.05, 0) is 38.8 Å². The lowest BCUT2D eigenvalue weighted by Crippen LogP contribution is -2.44. The molecular weight excluding hydrogens is 142 g/mol. The molecule has 1 heterocycles. The number of nitrogens with one attached hydrogen (secondary N) is 1. The molecule has 1 rings (SSSR count). The van der Waals surface area contributed by atoms with Gasteiger partial charge in [0.15, 0.2) is 0 Å². The molecule has 1 aliphatic rings. The summed E-state index contributed by atoms with van der Waals surface area (Å²) in [6.45, 7) is 3.50. The normalized spacial score (nSPS) is 26.5. The van der Waals surface area contributed by atoms with E-state index in [0.717, 1.165) is 25.9 Å². The largest absolute Gasteiger partial charge is 0.393 e. The Morgan fingerprint density at radius 1 is 1.45 bits per heavy atom. The first kappa shape index (κ1) is 8.97. The van der Waals surface area contributed by atoms with E-state index in [1.54, 1.807) is 6.92 Å². The number of hydrogen-bond donors (Lipinski definition) is 3. The molecule has 0 aromatic carbocycles. The summed E-state index contributed by atoms with van der Waals surface area (Å²) < 4.78 is 0. The second-order valence-corrected chi connectivity index (χ2v) is 3.54. The maximum absolute atomic E-state index is 9.67. The molecular formula is C8H17NO2.